The standard InChI is InChI=1S/C22H33N3O2/c1-15(2)11-22(27)25-9-7-18(8-10-25)13-21-23-14-19(16(3)26)20(24-21)12-17-5-4-6-17/h14-15,17-18H,4-13H2,1-3H3. The van der Waals surface area contributed by atoms with Crippen molar-refractivity contribution >= 4 is 11.7 Å². The largest absolute Gasteiger partial charge is 0.343 e. The predicted octanol–water partition coefficient (Wildman–Crippen LogP) is 3.85. The number of nitrogens with zero attached hydrogens (tertiary/aromatic N) is 3. The lowest BCUT2D eigenvalue weighted by molar-refractivity contribution is -0.133. The van der Waals surface area contributed by atoms with Crippen LogP contribution in [0.15, 0.2) is 6.20 Å². The summed E-state index contributed by atoms with van der Waals surface area (Å²) in [6.07, 6.45) is 9.96. The van der Waals surface area contributed by atoms with E-state index in [0.29, 0.717) is 29.7 Å². The highest BCUT2D eigenvalue weighted by molar-refractivity contribution is 5.94. The van der Waals surface area contributed by atoms with Crippen LogP contribution >= 0.6 is 0 Å². The predicted molar refractivity (Wildman–Crippen MR) is 106 cm³/mol. The molecule has 1 aromatic rings. The number of likely N-dealkylation sites (tertiary alicyclic amines) is 1. The number of carbonyl (C=O) groups excluding carboxylic acids is 2. The third-order valence-electron chi connectivity index (χ3n) is 6.03. The van der Waals surface area contributed by atoms with Gasteiger partial charge in [0.05, 0.1) is 11.3 Å². The van der Waals surface area contributed by atoms with E-state index in [2.05, 4.69) is 18.8 Å². The minimum atomic E-state index is 0.0628. The average molecular weight is 372 g/mol. The molecule has 2 fully saturated rings. The summed E-state index contributed by atoms with van der Waals surface area (Å²) < 4.78 is 0. The minimum Gasteiger partial charge on any atom is -0.343 e. The Morgan fingerprint density at radius 3 is 2.33 bits per heavy atom. The Morgan fingerprint density at radius 1 is 1.11 bits per heavy atom. The molecule has 0 bridgehead atoms. The van der Waals surface area contributed by atoms with Gasteiger partial charge in [-0.3, -0.25) is 9.59 Å². The van der Waals surface area contributed by atoms with Crippen LogP contribution in [0, 0.1) is 17.8 Å². The van der Waals surface area contributed by atoms with Gasteiger partial charge in [0.1, 0.15) is 5.82 Å². The first-order valence-electron chi connectivity index (χ1n) is 10.6. The molecule has 2 aliphatic rings. The summed E-state index contributed by atoms with van der Waals surface area (Å²) in [5, 5.41) is 0. The molecular weight excluding hydrogens is 338 g/mol. The highest BCUT2D eigenvalue weighted by atomic mass is 16.2. The van der Waals surface area contributed by atoms with Crippen LogP contribution < -0.4 is 0 Å². The van der Waals surface area contributed by atoms with Gasteiger partial charge in [-0.05, 0) is 43.9 Å². The number of piperidine rings is 1. The fraction of sp³-hybridized carbons (Fsp3) is 0.727. The van der Waals surface area contributed by atoms with Crippen molar-refractivity contribution in [1.29, 1.82) is 0 Å². The molecule has 1 aliphatic heterocycles. The van der Waals surface area contributed by atoms with Crippen LogP contribution in [0.1, 0.15) is 81.2 Å². The Morgan fingerprint density at radius 2 is 1.78 bits per heavy atom. The molecule has 27 heavy (non-hydrogen) atoms. The molecule has 1 aromatic heterocycles. The van der Waals surface area contributed by atoms with Crippen molar-refractivity contribution in [2.45, 2.75) is 72.1 Å². The summed E-state index contributed by atoms with van der Waals surface area (Å²) in [4.78, 5) is 35.4. The van der Waals surface area contributed by atoms with Crippen molar-refractivity contribution in [2.75, 3.05) is 13.1 Å². The first kappa shape index (κ1) is 20.0. The Balaban J connectivity index is 1.58. The van der Waals surface area contributed by atoms with Gasteiger partial charge in [-0.15, -0.1) is 0 Å². The second-order valence-corrected chi connectivity index (χ2v) is 8.83. The molecule has 5 heteroatoms. The molecule has 0 N–H and O–H groups in total. The summed E-state index contributed by atoms with van der Waals surface area (Å²) >= 11 is 0. The van der Waals surface area contributed by atoms with E-state index in [1.165, 1.54) is 19.3 Å². The normalized spacial score (nSPS) is 18.6. The van der Waals surface area contributed by atoms with Crippen molar-refractivity contribution in [3.8, 4) is 0 Å². The number of hydrogen-bond donors (Lipinski definition) is 0. The first-order valence-corrected chi connectivity index (χ1v) is 10.6. The fourth-order valence-electron chi connectivity index (χ4n) is 4.10. The van der Waals surface area contributed by atoms with E-state index in [0.717, 1.165) is 50.3 Å². The van der Waals surface area contributed by atoms with Crippen LogP contribution in [0.4, 0.5) is 0 Å². The number of ketones is 1. The summed E-state index contributed by atoms with van der Waals surface area (Å²) in [7, 11) is 0. The molecule has 148 valence electrons. The molecule has 3 rings (SSSR count). The molecule has 0 aromatic carbocycles. The summed E-state index contributed by atoms with van der Waals surface area (Å²) in [5.41, 5.74) is 1.64. The van der Waals surface area contributed by atoms with E-state index in [1.807, 2.05) is 4.90 Å². The molecule has 1 amide bonds. The molecule has 1 aliphatic carbocycles. The van der Waals surface area contributed by atoms with Gasteiger partial charge in [0.2, 0.25) is 5.91 Å². The van der Waals surface area contributed by atoms with E-state index < -0.39 is 0 Å². The highest BCUT2D eigenvalue weighted by Crippen LogP contribution is 2.30. The molecule has 1 saturated carbocycles. The molecular formula is C22H33N3O2. The fourth-order valence-corrected chi connectivity index (χ4v) is 4.10. The Kier molecular flexibility index (Phi) is 6.61. The highest BCUT2D eigenvalue weighted by Gasteiger charge is 2.25. The monoisotopic (exact) mass is 371 g/mol. The lowest BCUT2D eigenvalue weighted by Crippen LogP contribution is -2.39. The van der Waals surface area contributed by atoms with Crippen LogP contribution in [0.2, 0.25) is 0 Å². The van der Waals surface area contributed by atoms with Crippen LogP contribution in [0.5, 0.6) is 0 Å². The number of aromatic nitrogens is 2. The molecule has 1 saturated heterocycles. The summed E-state index contributed by atoms with van der Waals surface area (Å²) in [6, 6.07) is 0. The molecule has 0 radical (unpaired) electrons. The Hall–Kier alpha value is -1.78. The SMILES string of the molecule is CC(=O)c1cnc(CC2CCN(C(=O)CC(C)C)CC2)nc1CC1CCC1. The van der Waals surface area contributed by atoms with Crippen molar-refractivity contribution in [3.63, 3.8) is 0 Å². The molecule has 2 heterocycles. The Bertz CT molecular complexity index is 674. The minimum absolute atomic E-state index is 0.0628. The number of hydrogen-bond acceptors (Lipinski definition) is 4. The number of amides is 1. The van der Waals surface area contributed by atoms with Gasteiger partial charge in [0, 0.05) is 32.1 Å². The molecule has 0 atom stereocenters. The van der Waals surface area contributed by atoms with Gasteiger partial charge in [-0.1, -0.05) is 33.1 Å². The van der Waals surface area contributed by atoms with Crippen molar-refractivity contribution in [1.82, 2.24) is 14.9 Å². The van der Waals surface area contributed by atoms with Gasteiger partial charge >= 0.3 is 0 Å². The Labute approximate surface area is 163 Å². The van der Waals surface area contributed by atoms with Crippen molar-refractivity contribution in [3.05, 3.63) is 23.3 Å². The average Bonchev–Trinajstić information content (AvgIpc) is 2.58. The second-order valence-electron chi connectivity index (χ2n) is 8.83. The number of rotatable bonds is 7. The quantitative estimate of drug-likeness (QED) is 0.683. The number of Topliss-reactive ketones (excluding diaryl/α,β-unsaturated/α-hetero) is 1. The maximum absolute atomic E-state index is 12.2. The third kappa shape index (κ3) is 5.36. The van der Waals surface area contributed by atoms with E-state index in [-0.39, 0.29) is 11.7 Å². The maximum Gasteiger partial charge on any atom is 0.222 e. The third-order valence-corrected chi connectivity index (χ3v) is 6.03. The first-order chi connectivity index (χ1) is 12.9. The van der Waals surface area contributed by atoms with E-state index in [4.69, 9.17) is 4.98 Å². The van der Waals surface area contributed by atoms with Gasteiger partial charge in [-0.25, -0.2) is 9.97 Å². The maximum atomic E-state index is 12.2. The molecule has 5 nitrogen and oxygen atoms in total. The van der Waals surface area contributed by atoms with E-state index in [9.17, 15) is 9.59 Å². The second kappa shape index (κ2) is 8.94. The van der Waals surface area contributed by atoms with Gasteiger partial charge in [0.15, 0.2) is 5.78 Å². The lowest BCUT2D eigenvalue weighted by Gasteiger charge is -2.32. The molecule has 0 spiro atoms. The topological polar surface area (TPSA) is 63.2 Å². The van der Waals surface area contributed by atoms with E-state index in [1.54, 1.807) is 13.1 Å². The van der Waals surface area contributed by atoms with Crippen molar-refractivity contribution in [2.24, 2.45) is 17.8 Å². The number of carbonyl (C=O) groups is 2. The van der Waals surface area contributed by atoms with Gasteiger partial charge < -0.3 is 4.90 Å². The van der Waals surface area contributed by atoms with Gasteiger partial charge in [0.25, 0.3) is 0 Å². The van der Waals surface area contributed by atoms with Gasteiger partial charge in [-0.2, -0.15) is 0 Å². The zero-order chi connectivity index (χ0) is 19.4. The van der Waals surface area contributed by atoms with Crippen LogP contribution in [-0.2, 0) is 17.6 Å². The van der Waals surface area contributed by atoms with Crippen LogP contribution in [-0.4, -0.2) is 39.6 Å². The van der Waals surface area contributed by atoms with Crippen LogP contribution in [0.25, 0.3) is 0 Å². The van der Waals surface area contributed by atoms with Crippen molar-refractivity contribution < 1.29 is 9.59 Å². The molecule has 0 unspecified atom stereocenters. The summed E-state index contributed by atoms with van der Waals surface area (Å²) in [6.45, 7) is 7.47. The van der Waals surface area contributed by atoms with E-state index >= 15 is 0 Å². The summed E-state index contributed by atoms with van der Waals surface area (Å²) in [5.74, 6) is 2.83. The zero-order valence-electron chi connectivity index (χ0n) is 17.0. The van der Waals surface area contributed by atoms with Crippen LogP contribution in [0.3, 0.4) is 0 Å². The smallest absolute Gasteiger partial charge is 0.222 e. The zero-order valence-corrected chi connectivity index (χ0v) is 17.0. The lowest BCUT2D eigenvalue weighted by atomic mass is 9.81.